The topological polar surface area (TPSA) is 47.3 Å². The van der Waals surface area contributed by atoms with Crippen molar-refractivity contribution >= 4 is 11.4 Å². The number of nitrogens with two attached hydrogens (primary N) is 1. The van der Waals surface area contributed by atoms with Crippen LogP contribution in [0.4, 0.5) is 11.4 Å². The Labute approximate surface area is 108 Å². The molecule has 2 rings (SSSR count). The molecule has 3 nitrogen and oxygen atoms in total. The summed E-state index contributed by atoms with van der Waals surface area (Å²) in [7, 11) is 1.68. The Balaban J connectivity index is 1.84. The molecule has 0 fully saturated rings. The number of nitrogen functional groups attached to an aromatic ring is 1. The zero-order valence-corrected chi connectivity index (χ0v) is 10.5. The third kappa shape index (κ3) is 3.42. The predicted octanol–water partition coefficient (Wildman–Crippen LogP) is 2.93. The van der Waals surface area contributed by atoms with Gasteiger partial charge in [-0.1, -0.05) is 18.2 Å². The van der Waals surface area contributed by atoms with Gasteiger partial charge in [0.05, 0.1) is 7.11 Å². The second-order valence-electron chi connectivity index (χ2n) is 4.15. The summed E-state index contributed by atoms with van der Waals surface area (Å²) in [5.74, 6) is 0.891. The van der Waals surface area contributed by atoms with Gasteiger partial charge in [0, 0.05) is 17.9 Å². The first-order valence-electron chi connectivity index (χ1n) is 6.00. The third-order valence-corrected chi connectivity index (χ3v) is 2.79. The third-order valence-electron chi connectivity index (χ3n) is 2.79. The number of methoxy groups -OCH3 is 1. The van der Waals surface area contributed by atoms with Gasteiger partial charge in [0.25, 0.3) is 0 Å². The summed E-state index contributed by atoms with van der Waals surface area (Å²) in [6.07, 6.45) is 0.971. The van der Waals surface area contributed by atoms with Gasteiger partial charge in [0.2, 0.25) is 0 Å². The number of nitrogens with one attached hydrogen (secondary N) is 1. The molecule has 0 aliphatic heterocycles. The molecule has 0 unspecified atom stereocenters. The molecule has 0 radical (unpaired) electrons. The summed E-state index contributed by atoms with van der Waals surface area (Å²) in [5.41, 5.74) is 8.84. The molecule has 0 bridgehead atoms. The number of benzene rings is 2. The standard InChI is InChI=1S/C15H18N2O/c1-18-15-7-5-12(6-8-15)9-10-17-14-4-2-3-13(16)11-14/h2-8,11,17H,9-10,16H2,1H3. The summed E-state index contributed by atoms with van der Waals surface area (Å²) >= 11 is 0. The van der Waals surface area contributed by atoms with Crippen molar-refractivity contribution in [1.29, 1.82) is 0 Å². The summed E-state index contributed by atoms with van der Waals surface area (Å²) in [5, 5.41) is 3.35. The van der Waals surface area contributed by atoms with Crippen LogP contribution in [0.3, 0.4) is 0 Å². The Hall–Kier alpha value is -2.16. The molecule has 0 aliphatic carbocycles. The molecule has 0 heterocycles. The molecule has 2 aromatic rings. The zero-order valence-electron chi connectivity index (χ0n) is 10.5. The van der Waals surface area contributed by atoms with Gasteiger partial charge in [-0.3, -0.25) is 0 Å². The molecule has 3 N–H and O–H groups in total. The Bertz CT molecular complexity index is 494. The number of anilines is 2. The highest BCUT2D eigenvalue weighted by atomic mass is 16.5. The van der Waals surface area contributed by atoms with Gasteiger partial charge in [-0.05, 0) is 42.3 Å². The van der Waals surface area contributed by atoms with Crippen molar-refractivity contribution in [3.8, 4) is 5.75 Å². The monoisotopic (exact) mass is 242 g/mol. The molecule has 0 saturated heterocycles. The maximum Gasteiger partial charge on any atom is 0.118 e. The van der Waals surface area contributed by atoms with Gasteiger partial charge in [-0.2, -0.15) is 0 Å². The van der Waals surface area contributed by atoms with Gasteiger partial charge in [-0.15, -0.1) is 0 Å². The van der Waals surface area contributed by atoms with Crippen LogP contribution in [0, 0.1) is 0 Å². The quantitative estimate of drug-likeness (QED) is 0.792. The average Bonchev–Trinajstić information content (AvgIpc) is 2.40. The molecule has 18 heavy (non-hydrogen) atoms. The number of hydrogen-bond donors (Lipinski definition) is 2. The predicted molar refractivity (Wildman–Crippen MR) is 76.0 cm³/mol. The van der Waals surface area contributed by atoms with E-state index in [9.17, 15) is 0 Å². The fourth-order valence-electron chi connectivity index (χ4n) is 1.79. The van der Waals surface area contributed by atoms with Crippen LogP contribution < -0.4 is 15.8 Å². The second kappa shape index (κ2) is 5.96. The highest BCUT2D eigenvalue weighted by Crippen LogP contribution is 2.13. The van der Waals surface area contributed by atoms with Crippen LogP contribution in [0.5, 0.6) is 5.75 Å². The zero-order chi connectivity index (χ0) is 12.8. The summed E-state index contributed by atoms with van der Waals surface area (Å²) in [4.78, 5) is 0. The minimum absolute atomic E-state index is 0.782. The van der Waals surface area contributed by atoms with Crippen molar-refractivity contribution in [3.63, 3.8) is 0 Å². The highest BCUT2D eigenvalue weighted by molar-refractivity contribution is 5.54. The van der Waals surface area contributed by atoms with E-state index in [0.29, 0.717) is 0 Å². The lowest BCUT2D eigenvalue weighted by atomic mass is 10.1. The van der Waals surface area contributed by atoms with Crippen molar-refractivity contribution < 1.29 is 4.74 Å². The SMILES string of the molecule is COc1ccc(CCNc2cccc(N)c2)cc1. The molecule has 0 aliphatic rings. The first-order valence-corrected chi connectivity index (χ1v) is 6.00. The Morgan fingerprint density at radius 2 is 1.89 bits per heavy atom. The lowest BCUT2D eigenvalue weighted by Crippen LogP contribution is -2.05. The first-order chi connectivity index (χ1) is 8.78. The summed E-state index contributed by atoms with van der Waals surface area (Å²) in [6, 6.07) is 15.9. The second-order valence-corrected chi connectivity index (χ2v) is 4.15. The molecule has 3 heteroatoms. The lowest BCUT2D eigenvalue weighted by Gasteiger charge is -2.07. The van der Waals surface area contributed by atoms with Crippen LogP contribution in [0.25, 0.3) is 0 Å². The van der Waals surface area contributed by atoms with Gasteiger partial charge >= 0.3 is 0 Å². The molecule has 0 spiro atoms. The number of ether oxygens (including phenoxy) is 1. The van der Waals surface area contributed by atoms with Crippen molar-refractivity contribution in [1.82, 2.24) is 0 Å². The smallest absolute Gasteiger partial charge is 0.118 e. The number of hydrogen-bond acceptors (Lipinski definition) is 3. The summed E-state index contributed by atoms with van der Waals surface area (Å²) in [6.45, 7) is 0.885. The van der Waals surface area contributed by atoms with Crippen LogP contribution in [-0.4, -0.2) is 13.7 Å². The molecular formula is C15H18N2O. The lowest BCUT2D eigenvalue weighted by molar-refractivity contribution is 0.414. The van der Waals surface area contributed by atoms with Crippen molar-refractivity contribution in [3.05, 3.63) is 54.1 Å². The van der Waals surface area contributed by atoms with Gasteiger partial charge in [0.1, 0.15) is 5.75 Å². The van der Waals surface area contributed by atoms with Gasteiger partial charge in [0.15, 0.2) is 0 Å². The van der Waals surface area contributed by atoms with E-state index < -0.39 is 0 Å². The van der Waals surface area contributed by atoms with Gasteiger partial charge < -0.3 is 15.8 Å². The molecule has 0 saturated carbocycles. The Morgan fingerprint density at radius 3 is 2.56 bits per heavy atom. The minimum atomic E-state index is 0.782. The van der Waals surface area contributed by atoms with Crippen LogP contribution >= 0.6 is 0 Å². The van der Waals surface area contributed by atoms with E-state index in [-0.39, 0.29) is 0 Å². The fourth-order valence-corrected chi connectivity index (χ4v) is 1.79. The molecular weight excluding hydrogens is 224 g/mol. The van der Waals surface area contributed by atoms with E-state index >= 15 is 0 Å². The van der Waals surface area contributed by atoms with E-state index in [1.54, 1.807) is 7.11 Å². The van der Waals surface area contributed by atoms with Crippen LogP contribution in [0.2, 0.25) is 0 Å². The maximum absolute atomic E-state index is 5.72. The minimum Gasteiger partial charge on any atom is -0.497 e. The van der Waals surface area contributed by atoms with E-state index in [2.05, 4.69) is 17.4 Å². The van der Waals surface area contributed by atoms with Crippen molar-refractivity contribution in [2.45, 2.75) is 6.42 Å². The van der Waals surface area contributed by atoms with E-state index in [4.69, 9.17) is 10.5 Å². The highest BCUT2D eigenvalue weighted by Gasteiger charge is 1.96. The fraction of sp³-hybridized carbons (Fsp3) is 0.200. The Morgan fingerprint density at radius 1 is 1.11 bits per heavy atom. The first kappa shape index (κ1) is 12.3. The van der Waals surface area contributed by atoms with Crippen LogP contribution in [0.15, 0.2) is 48.5 Å². The Kier molecular flexibility index (Phi) is 4.07. The van der Waals surface area contributed by atoms with Crippen LogP contribution in [0.1, 0.15) is 5.56 Å². The van der Waals surface area contributed by atoms with Gasteiger partial charge in [-0.25, -0.2) is 0 Å². The molecule has 2 aromatic carbocycles. The normalized spacial score (nSPS) is 10.1. The number of rotatable bonds is 5. The average molecular weight is 242 g/mol. The maximum atomic E-state index is 5.72. The molecule has 0 atom stereocenters. The molecule has 0 aromatic heterocycles. The molecule has 94 valence electrons. The van der Waals surface area contributed by atoms with E-state index in [0.717, 1.165) is 30.1 Å². The van der Waals surface area contributed by atoms with Crippen molar-refractivity contribution in [2.24, 2.45) is 0 Å². The van der Waals surface area contributed by atoms with Crippen LogP contribution in [-0.2, 0) is 6.42 Å². The van der Waals surface area contributed by atoms with E-state index in [1.807, 2.05) is 36.4 Å². The van der Waals surface area contributed by atoms with Crippen molar-refractivity contribution in [2.75, 3.05) is 24.7 Å². The molecule has 0 amide bonds. The summed E-state index contributed by atoms with van der Waals surface area (Å²) < 4.78 is 5.13. The largest absolute Gasteiger partial charge is 0.497 e. The van der Waals surface area contributed by atoms with E-state index in [1.165, 1.54) is 5.56 Å².